The summed E-state index contributed by atoms with van der Waals surface area (Å²) >= 11 is 0. The molecule has 0 saturated heterocycles. The molecule has 0 fully saturated rings. The average molecular weight is 543 g/mol. The second-order valence-electron chi connectivity index (χ2n) is 6.98. The zero-order chi connectivity index (χ0) is 28.3. The third-order valence-electron chi connectivity index (χ3n) is 4.52. The molecule has 0 atom stereocenters. The zero-order valence-corrected chi connectivity index (χ0v) is 17.7. The van der Waals surface area contributed by atoms with Gasteiger partial charge in [0.25, 0.3) is 5.91 Å². The van der Waals surface area contributed by atoms with E-state index in [0.717, 1.165) is 18.5 Å². The van der Waals surface area contributed by atoms with Crippen LogP contribution in [0.1, 0.15) is 21.5 Å². The van der Waals surface area contributed by atoms with Crippen LogP contribution < -0.4 is 20.8 Å². The third-order valence-corrected chi connectivity index (χ3v) is 4.52. The summed E-state index contributed by atoms with van der Waals surface area (Å²) in [5, 5.41) is 12.5. The van der Waals surface area contributed by atoms with Crippen LogP contribution in [0, 0.1) is 0 Å². The van der Waals surface area contributed by atoms with Crippen LogP contribution in [0.5, 0.6) is 5.75 Å². The smallest absolute Gasteiger partial charge is 0.435 e. The second kappa shape index (κ2) is 10.6. The predicted octanol–water partition coefficient (Wildman–Crippen LogP) is 2.72. The van der Waals surface area contributed by atoms with Crippen LogP contribution in [0.15, 0.2) is 30.6 Å². The van der Waals surface area contributed by atoms with Crippen molar-refractivity contribution in [2.75, 3.05) is 5.32 Å². The number of carboxylic acids is 1. The van der Waals surface area contributed by atoms with Gasteiger partial charge in [-0.3, -0.25) is 14.6 Å². The zero-order valence-electron chi connectivity index (χ0n) is 17.7. The molecule has 198 valence electrons. The monoisotopic (exact) mass is 543 g/mol. The Kier molecular flexibility index (Phi) is 8.34. The minimum atomic E-state index is -6.57. The van der Waals surface area contributed by atoms with Gasteiger partial charge in [-0.25, -0.2) is 9.18 Å². The number of hydrogen-bond acceptors (Lipinski definition) is 5. The van der Waals surface area contributed by atoms with Crippen LogP contribution in [0.25, 0.3) is 0 Å². The van der Waals surface area contributed by atoms with Gasteiger partial charge in [-0.15, -0.1) is 0 Å². The quantitative estimate of drug-likeness (QED) is 0.281. The van der Waals surface area contributed by atoms with Crippen LogP contribution in [-0.4, -0.2) is 54.7 Å². The Bertz CT molecular complexity index is 1190. The highest BCUT2D eigenvalue weighted by Crippen LogP contribution is 2.53. The minimum Gasteiger partial charge on any atom is -0.474 e. The minimum absolute atomic E-state index is 0.0928. The molecule has 2 rings (SSSR count). The highest BCUT2D eigenvalue weighted by molar-refractivity contribution is 6.36. The number of aliphatic carboxylic acids is 1. The first-order chi connectivity index (χ1) is 16.9. The van der Waals surface area contributed by atoms with Gasteiger partial charge < -0.3 is 20.5 Å². The molecule has 8 nitrogen and oxygen atoms in total. The molecular formula is C19H11BF9N3O5. The van der Waals surface area contributed by atoms with Crippen molar-refractivity contribution in [2.45, 2.75) is 31.2 Å². The molecule has 2 amide bonds. The summed E-state index contributed by atoms with van der Waals surface area (Å²) in [5.74, 6) is -5.83. The number of halogens is 9. The fourth-order valence-electron chi connectivity index (χ4n) is 2.83. The number of carbonyl (C=O) groups is 3. The van der Waals surface area contributed by atoms with Crippen molar-refractivity contribution in [3.8, 4) is 5.75 Å². The molecule has 2 radical (unpaired) electrons. The molecule has 0 unspecified atom stereocenters. The lowest BCUT2D eigenvalue weighted by molar-refractivity contribution is -0.348. The van der Waals surface area contributed by atoms with Gasteiger partial charge in [-0.2, -0.15) is 35.1 Å². The molecule has 1 aromatic heterocycles. The van der Waals surface area contributed by atoms with Crippen LogP contribution in [0.2, 0.25) is 0 Å². The first-order valence-electron chi connectivity index (χ1n) is 9.36. The van der Waals surface area contributed by atoms with Crippen molar-refractivity contribution in [3.05, 3.63) is 47.3 Å². The van der Waals surface area contributed by atoms with Crippen molar-refractivity contribution >= 4 is 36.8 Å². The second-order valence-corrected chi connectivity index (χ2v) is 6.98. The number of anilines is 1. The molecule has 0 aliphatic rings. The van der Waals surface area contributed by atoms with Gasteiger partial charge in [0.15, 0.2) is 0 Å². The third kappa shape index (κ3) is 6.42. The number of nitrogens with zero attached hydrogens (tertiary/aromatic N) is 1. The SMILES string of the molecule is [B]c1cc(C(F)(C(F)(F)F)C(F)(F)F)cc(OC(F)F)c1CNC(=O)c1cncc(NC(=O)C(=O)O)c1. The number of rotatable bonds is 7. The molecule has 1 heterocycles. The fraction of sp³-hybridized carbons (Fsp3) is 0.263. The van der Waals surface area contributed by atoms with Gasteiger partial charge in [0.05, 0.1) is 17.4 Å². The molecule has 0 saturated carbocycles. The summed E-state index contributed by atoms with van der Waals surface area (Å²) in [6, 6.07) is 0.565. The molecule has 0 spiro atoms. The van der Waals surface area contributed by atoms with Gasteiger partial charge in [-0.05, 0) is 12.1 Å². The van der Waals surface area contributed by atoms with E-state index in [4.69, 9.17) is 13.0 Å². The van der Waals surface area contributed by atoms with E-state index in [1.807, 2.05) is 10.6 Å². The number of aromatic nitrogens is 1. The molecule has 18 heteroatoms. The number of carboxylic acid groups (broad SMARTS) is 1. The molecule has 2 aromatic rings. The van der Waals surface area contributed by atoms with Crippen LogP contribution in [-0.2, 0) is 21.8 Å². The Hall–Kier alpha value is -3.99. The van der Waals surface area contributed by atoms with Crippen LogP contribution >= 0.6 is 0 Å². The summed E-state index contributed by atoms with van der Waals surface area (Å²) in [6.07, 6.45) is -11.3. The Morgan fingerprint density at radius 3 is 2.11 bits per heavy atom. The lowest BCUT2D eigenvalue weighted by Gasteiger charge is -2.31. The normalized spacial score (nSPS) is 12.3. The van der Waals surface area contributed by atoms with Crippen molar-refractivity contribution in [2.24, 2.45) is 0 Å². The number of benzene rings is 1. The summed E-state index contributed by atoms with van der Waals surface area (Å²) in [7, 11) is 5.42. The maximum Gasteiger partial charge on any atom is 0.435 e. The molecule has 1 aromatic carbocycles. The van der Waals surface area contributed by atoms with E-state index in [2.05, 4.69) is 9.72 Å². The molecule has 37 heavy (non-hydrogen) atoms. The Balaban J connectivity index is 2.42. The van der Waals surface area contributed by atoms with E-state index in [1.165, 1.54) is 0 Å². The van der Waals surface area contributed by atoms with E-state index < -0.39 is 71.3 Å². The first-order valence-corrected chi connectivity index (χ1v) is 9.36. The topological polar surface area (TPSA) is 118 Å². The maximum atomic E-state index is 14.4. The first kappa shape index (κ1) is 29.2. The maximum absolute atomic E-state index is 14.4. The molecular weight excluding hydrogens is 532 g/mol. The number of carbonyl (C=O) groups excluding carboxylic acids is 2. The van der Waals surface area contributed by atoms with Crippen molar-refractivity contribution in [1.29, 1.82) is 0 Å². The standard InChI is InChI=1S/C19H11BF9N3O5/c20-11-2-8(17(23,18(24,25)26)19(27,28)29)3-12(37-16(21)22)10(11)6-31-13(33)7-1-9(5-30-4-7)32-14(34)15(35)36/h1-5,16H,6H2,(H,31,33)(H,32,34)(H,35,36). The number of hydrogen-bond donors (Lipinski definition) is 3. The number of ether oxygens (including phenoxy) is 1. The van der Waals surface area contributed by atoms with Gasteiger partial charge in [0.2, 0.25) is 0 Å². The van der Waals surface area contributed by atoms with Crippen molar-refractivity contribution in [3.63, 3.8) is 0 Å². The Morgan fingerprint density at radius 2 is 1.59 bits per heavy atom. The summed E-state index contributed by atoms with van der Waals surface area (Å²) < 4.78 is 122. The van der Waals surface area contributed by atoms with E-state index in [9.17, 15) is 53.9 Å². The Morgan fingerprint density at radius 1 is 1.00 bits per heavy atom. The highest BCUT2D eigenvalue weighted by atomic mass is 19.4. The van der Waals surface area contributed by atoms with E-state index >= 15 is 0 Å². The van der Waals surface area contributed by atoms with E-state index in [1.54, 1.807) is 0 Å². The number of alkyl halides is 9. The number of pyridine rings is 1. The number of nitrogens with one attached hydrogen (secondary N) is 2. The summed E-state index contributed by atoms with van der Waals surface area (Å²) in [4.78, 5) is 37.7. The number of amides is 2. The summed E-state index contributed by atoms with van der Waals surface area (Å²) in [5.41, 5.74) is -10.6. The van der Waals surface area contributed by atoms with Gasteiger partial charge in [0, 0.05) is 23.9 Å². The van der Waals surface area contributed by atoms with Crippen molar-refractivity contribution in [1.82, 2.24) is 10.3 Å². The Labute approximate surface area is 201 Å². The molecule has 0 aliphatic carbocycles. The van der Waals surface area contributed by atoms with E-state index in [-0.39, 0.29) is 23.4 Å². The predicted molar refractivity (Wildman–Crippen MR) is 105 cm³/mol. The molecule has 0 bridgehead atoms. The lowest BCUT2D eigenvalue weighted by Crippen LogP contribution is -2.50. The summed E-state index contributed by atoms with van der Waals surface area (Å²) in [6.45, 7) is -4.72. The molecule has 3 N–H and O–H groups in total. The van der Waals surface area contributed by atoms with E-state index in [0.29, 0.717) is 0 Å². The lowest BCUT2D eigenvalue weighted by atomic mass is 9.83. The van der Waals surface area contributed by atoms with Gasteiger partial charge in [0.1, 0.15) is 13.6 Å². The van der Waals surface area contributed by atoms with Crippen molar-refractivity contribution < 1.29 is 63.7 Å². The average Bonchev–Trinajstić information content (AvgIpc) is 2.75. The van der Waals surface area contributed by atoms with Gasteiger partial charge in [-0.1, -0.05) is 11.5 Å². The fourth-order valence-corrected chi connectivity index (χ4v) is 2.83. The molecule has 0 aliphatic heterocycles. The largest absolute Gasteiger partial charge is 0.474 e. The van der Waals surface area contributed by atoms with Gasteiger partial charge >= 0.3 is 36.5 Å². The highest BCUT2D eigenvalue weighted by Gasteiger charge is 2.73. The van der Waals surface area contributed by atoms with Crippen LogP contribution in [0.4, 0.5) is 45.2 Å². The van der Waals surface area contributed by atoms with Crippen LogP contribution in [0.3, 0.4) is 0 Å².